The zero-order valence-electron chi connectivity index (χ0n) is 19.3. The summed E-state index contributed by atoms with van der Waals surface area (Å²) in [7, 11) is 0. The molecule has 0 saturated carbocycles. The van der Waals surface area contributed by atoms with Gasteiger partial charge in [0.2, 0.25) is 0 Å². The lowest BCUT2D eigenvalue weighted by Crippen LogP contribution is -2.29. The molecule has 0 radical (unpaired) electrons. The monoisotopic (exact) mass is 470 g/mol. The fourth-order valence-corrected chi connectivity index (χ4v) is 5.09. The summed E-state index contributed by atoms with van der Waals surface area (Å²) in [5.41, 5.74) is 5.58. The second-order valence-electron chi connectivity index (χ2n) is 9.16. The lowest BCUT2D eigenvalue weighted by Gasteiger charge is -2.16. The van der Waals surface area contributed by atoms with Gasteiger partial charge in [-0.15, -0.1) is 0 Å². The molecule has 0 bridgehead atoms. The number of carboxylic acid groups (broad SMARTS) is 1. The summed E-state index contributed by atoms with van der Waals surface area (Å²) in [4.78, 5) is 38.2. The predicted octanol–water partition coefficient (Wildman–Crippen LogP) is 4.84. The van der Waals surface area contributed by atoms with Gasteiger partial charge in [0.25, 0.3) is 5.91 Å². The largest absolute Gasteiger partial charge is 0.481 e. The lowest BCUT2D eigenvalue weighted by molar-refractivity contribution is -0.142. The van der Waals surface area contributed by atoms with Gasteiger partial charge in [-0.25, -0.2) is 4.79 Å². The minimum absolute atomic E-state index is 0.0226. The van der Waals surface area contributed by atoms with Crippen LogP contribution in [-0.4, -0.2) is 47.7 Å². The molecule has 0 unspecified atom stereocenters. The number of nitrogens with zero attached hydrogens (tertiary/aromatic N) is 1. The maximum absolute atomic E-state index is 12.8. The van der Waals surface area contributed by atoms with E-state index in [1.807, 2.05) is 31.2 Å². The van der Waals surface area contributed by atoms with Gasteiger partial charge in [0.15, 0.2) is 0 Å². The molecule has 2 amide bonds. The molecule has 1 aliphatic heterocycles. The van der Waals surface area contributed by atoms with E-state index in [-0.39, 0.29) is 30.9 Å². The Morgan fingerprint density at radius 1 is 0.914 bits per heavy atom. The molecule has 2 N–H and O–H groups in total. The van der Waals surface area contributed by atoms with Crippen LogP contribution >= 0.6 is 0 Å². The first-order valence-electron chi connectivity index (χ1n) is 11.7. The maximum atomic E-state index is 12.8. The summed E-state index contributed by atoms with van der Waals surface area (Å²) >= 11 is 0. The van der Waals surface area contributed by atoms with Gasteiger partial charge in [0.1, 0.15) is 6.61 Å². The molecule has 0 spiro atoms. The summed E-state index contributed by atoms with van der Waals surface area (Å²) < 4.78 is 5.57. The van der Waals surface area contributed by atoms with Gasteiger partial charge in [-0.05, 0) is 52.4 Å². The van der Waals surface area contributed by atoms with Crippen LogP contribution < -0.4 is 5.32 Å². The fraction of sp³-hybridized carbons (Fsp3) is 0.250. The van der Waals surface area contributed by atoms with E-state index in [4.69, 9.17) is 4.74 Å². The number of anilines is 1. The van der Waals surface area contributed by atoms with Crippen LogP contribution in [0.2, 0.25) is 0 Å². The van der Waals surface area contributed by atoms with Crippen molar-refractivity contribution in [2.24, 2.45) is 11.8 Å². The van der Waals surface area contributed by atoms with E-state index in [1.54, 1.807) is 29.2 Å². The zero-order valence-corrected chi connectivity index (χ0v) is 19.3. The third-order valence-corrected chi connectivity index (χ3v) is 6.94. The quantitative estimate of drug-likeness (QED) is 0.556. The Balaban J connectivity index is 1.19. The van der Waals surface area contributed by atoms with Crippen LogP contribution in [0.15, 0.2) is 72.8 Å². The Kier molecular flexibility index (Phi) is 5.99. The van der Waals surface area contributed by atoms with E-state index in [1.165, 1.54) is 11.1 Å². The average Bonchev–Trinajstić information content (AvgIpc) is 3.41. The number of fused-ring (bicyclic) bond motifs is 3. The number of ether oxygens (including phenoxy) is 1. The number of carbonyl (C=O) groups excluding carboxylic acids is 2. The third kappa shape index (κ3) is 4.37. The highest BCUT2D eigenvalue weighted by Gasteiger charge is 2.37. The summed E-state index contributed by atoms with van der Waals surface area (Å²) in [5.74, 6) is -1.76. The second-order valence-corrected chi connectivity index (χ2v) is 9.16. The first-order chi connectivity index (χ1) is 16.9. The summed E-state index contributed by atoms with van der Waals surface area (Å²) in [6.45, 7) is 2.67. The van der Waals surface area contributed by atoms with Crippen molar-refractivity contribution in [1.29, 1.82) is 0 Å². The van der Waals surface area contributed by atoms with Crippen molar-refractivity contribution in [2.75, 3.05) is 25.0 Å². The SMILES string of the molecule is C[C@@H]1CN(C(=O)c2ccc(NC(=O)OCC3c4ccccc4-c4ccccc43)cc2)C[C@H]1C(=O)O. The maximum Gasteiger partial charge on any atom is 0.411 e. The van der Waals surface area contributed by atoms with Crippen LogP contribution in [0.25, 0.3) is 11.1 Å². The zero-order chi connectivity index (χ0) is 24.5. The number of benzene rings is 3. The molecule has 0 aromatic heterocycles. The van der Waals surface area contributed by atoms with Crippen LogP contribution in [0.4, 0.5) is 10.5 Å². The van der Waals surface area contributed by atoms with Gasteiger partial charge in [0.05, 0.1) is 5.92 Å². The summed E-state index contributed by atoms with van der Waals surface area (Å²) in [6, 6.07) is 22.8. The van der Waals surface area contributed by atoms with Crippen molar-refractivity contribution in [1.82, 2.24) is 4.90 Å². The first-order valence-corrected chi connectivity index (χ1v) is 11.7. The molecule has 1 fully saturated rings. The molecule has 2 atom stereocenters. The van der Waals surface area contributed by atoms with Crippen molar-refractivity contribution in [3.05, 3.63) is 89.5 Å². The van der Waals surface area contributed by atoms with Gasteiger partial charge in [-0.2, -0.15) is 0 Å². The number of carboxylic acids is 1. The van der Waals surface area contributed by atoms with Crippen LogP contribution in [0, 0.1) is 11.8 Å². The van der Waals surface area contributed by atoms with E-state index >= 15 is 0 Å². The van der Waals surface area contributed by atoms with Gasteiger partial charge in [-0.3, -0.25) is 14.9 Å². The Morgan fingerprint density at radius 2 is 1.51 bits per heavy atom. The van der Waals surface area contributed by atoms with Crippen molar-refractivity contribution in [2.45, 2.75) is 12.8 Å². The van der Waals surface area contributed by atoms with E-state index in [9.17, 15) is 19.5 Å². The van der Waals surface area contributed by atoms with Crippen LogP contribution in [-0.2, 0) is 9.53 Å². The molecule has 3 aromatic carbocycles. The normalized spacial score (nSPS) is 18.6. The third-order valence-electron chi connectivity index (χ3n) is 6.94. The summed E-state index contributed by atoms with van der Waals surface area (Å²) in [6.07, 6.45) is -0.566. The Morgan fingerprint density at radius 3 is 2.09 bits per heavy atom. The highest BCUT2D eigenvalue weighted by Crippen LogP contribution is 2.44. The van der Waals surface area contributed by atoms with Gasteiger partial charge < -0.3 is 14.7 Å². The Labute approximate surface area is 203 Å². The van der Waals surface area contributed by atoms with Crippen LogP contribution in [0.3, 0.4) is 0 Å². The topological polar surface area (TPSA) is 95.9 Å². The number of carbonyl (C=O) groups is 3. The Hall–Kier alpha value is -4.13. The molecule has 178 valence electrons. The molecule has 7 heteroatoms. The lowest BCUT2D eigenvalue weighted by atomic mass is 9.98. The molecule has 3 aromatic rings. The summed E-state index contributed by atoms with van der Waals surface area (Å²) in [5, 5.41) is 12.0. The van der Waals surface area contributed by atoms with Crippen molar-refractivity contribution < 1.29 is 24.2 Å². The van der Waals surface area contributed by atoms with Crippen molar-refractivity contribution in [3.8, 4) is 11.1 Å². The van der Waals surface area contributed by atoms with Gasteiger partial charge >= 0.3 is 12.1 Å². The second kappa shape index (κ2) is 9.25. The number of nitrogens with one attached hydrogen (secondary N) is 1. The number of likely N-dealkylation sites (tertiary alicyclic amines) is 1. The Bertz CT molecular complexity index is 1240. The fourth-order valence-electron chi connectivity index (χ4n) is 5.09. The number of aliphatic carboxylic acids is 1. The van der Waals surface area contributed by atoms with Crippen molar-refractivity contribution in [3.63, 3.8) is 0 Å². The minimum atomic E-state index is -0.879. The molecule has 7 nitrogen and oxygen atoms in total. The molecule has 1 saturated heterocycles. The number of rotatable bonds is 5. The molecule has 1 heterocycles. The van der Waals surface area contributed by atoms with Gasteiger partial charge in [0, 0.05) is 30.3 Å². The molecular weight excluding hydrogens is 444 g/mol. The average molecular weight is 471 g/mol. The number of hydrogen-bond acceptors (Lipinski definition) is 4. The number of hydrogen-bond donors (Lipinski definition) is 2. The van der Waals surface area contributed by atoms with Gasteiger partial charge in [-0.1, -0.05) is 55.5 Å². The van der Waals surface area contributed by atoms with Crippen LogP contribution in [0.1, 0.15) is 34.3 Å². The smallest absolute Gasteiger partial charge is 0.411 e. The standard InChI is InChI=1S/C28H26N2O5/c1-17-14-30(15-24(17)27(32)33)26(31)18-10-12-19(13-11-18)29-28(34)35-16-25-22-8-4-2-6-20(22)21-7-3-5-9-23(21)25/h2-13,17,24-25H,14-16H2,1H3,(H,29,34)(H,32,33)/t17-,24-/m1/s1. The molecule has 35 heavy (non-hydrogen) atoms. The minimum Gasteiger partial charge on any atom is -0.481 e. The van der Waals surface area contributed by atoms with E-state index < -0.39 is 18.0 Å². The molecule has 5 rings (SSSR count). The van der Waals surface area contributed by atoms with Crippen LogP contribution in [0.5, 0.6) is 0 Å². The van der Waals surface area contributed by atoms with E-state index in [0.717, 1.165) is 11.1 Å². The number of amides is 2. The van der Waals surface area contributed by atoms with E-state index in [0.29, 0.717) is 17.8 Å². The van der Waals surface area contributed by atoms with Crippen molar-refractivity contribution >= 4 is 23.7 Å². The molecular formula is C28H26N2O5. The molecule has 2 aliphatic rings. The highest BCUT2D eigenvalue weighted by molar-refractivity contribution is 5.95. The molecule has 1 aliphatic carbocycles. The predicted molar refractivity (Wildman–Crippen MR) is 131 cm³/mol. The highest BCUT2D eigenvalue weighted by atomic mass is 16.5. The first kappa shape index (κ1) is 22.7. The van der Waals surface area contributed by atoms with E-state index in [2.05, 4.69) is 29.6 Å².